The average Bonchev–Trinajstić information content (AvgIpc) is 3.03. The van der Waals surface area contributed by atoms with Gasteiger partial charge in [0.25, 0.3) is 0 Å². The van der Waals surface area contributed by atoms with Gasteiger partial charge in [0.1, 0.15) is 13.2 Å². The zero-order valence-corrected chi connectivity index (χ0v) is 29.4. The van der Waals surface area contributed by atoms with E-state index in [1.807, 2.05) is 12.2 Å². The van der Waals surface area contributed by atoms with Crippen LogP contribution in [0.1, 0.15) is 87.9 Å². The van der Waals surface area contributed by atoms with Crippen LogP contribution < -0.4 is 18.9 Å². The molecule has 47 heavy (non-hydrogen) atoms. The molecule has 0 saturated heterocycles. The van der Waals surface area contributed by atoms with Crippen molar-refractivity contribution < 1.29 is 43.1 Å². The van der Waals surface area contributed by atoms with Gasteiger partial charge in [0, 0.05) is 7.11 Å². The van der Waals surface area contributed by atoms with Crippen molar-refractivity contribution >= 4 is 11.9 Å². The van der Waals surface area contributed by atoms with Gasteiger partial charge in [0.15, 0.2) is 29.8 Å². The minimum absolute atomic E-state index is 0.0886. The molecular formula is C38H52O9. The molecule has 0 bridgehead atoms. The number of carbonyl (C=O) groups excluding carboxylic acids is 1. The first kappa shape index (κ1) is 40.5. The molecule has 1 N–H and O–H groups in total. The Balaban J connectivity index is 0.000000474. The third-order valence-corrected chi connectivity index (χ3v) is 6.64. The third-order valence-electron chi connectivity index (χ3n) is 6.64. The van der Waals surface area contributed by atoms with Crippen LogP contribution >= 0.6 is 0 Å². The lowest BCUT2D eigenvalue weighted by molar-refractivity contribution is -0.0125. The molecule has 2 rings (SSSR count). The number of hydrogen-bond donors (Lipinski definition) is 1. The molecule has 0 radical (unpaired) electrons. The molecule has 0 amide bonds. The zero-order valence-electron chi connectivity index (χ0n) is 29.4. The quantitative estimate of drug-likeness (QED) is 0.0958. The summed E-state index contributed by atoms with van der Waals surface area (Å²) in [4.78, 5) is 22.9. The van der Waals surface area contributed by atoms with Gasteiger partial charge in [-0.25, -0.2) is 9.59 Å². The van der Waals surface area contributed by atoms with E-state index in [2.05, 4.69) is 53.7 Å². The fourth-order valence-electron chi connectivity index (χ4n) is 3.96. The topological polar surface area (TPSA) is 110 Å². The Morgan fingerprint density at radius 1 is 0.638 bits per heavy atom. The maximum absolute atomic E-state index is 11.9. The average molecular weight is 653 g/mol. The number of rotatable bonds is 18. The van der Waals surface area contributed by atoms with E-state index in [9.17, 15) is 9.59 Å². The Bertz CT molecular complexity index is 1390. The molecule has 0 unspecified atom stereocenters. The Kier molecular flexibility index (Phi) is 19.8. The monoisotopic (exact) mass is 652 g/mol. The second-order valence-electron chi connectivity index (χ2n) is 11.2. The van der Waals surface area contributed by atoms with E-state index in [-0.39, 0.29) is 12.4 Å². The summed E-state index contributed by atoms with van der Waals surface area (Å²) in [7, 11) is 4.55. The highest BCUT2D eigenvalue weighted by atomic mass is 16.7. The first-order valence-electron chi connectivity index (χ1n) is 15.5. The third kappa shape index (κ3) is 17.1. The van der Waals surface area contributed by atoms with Crippen molar-refractivity contribution in [3.8, 4) is 23.0 Å². The second kappa shape index (κ2) is 22.9. The Morgan fingerprint density at radius 2 is 1.09 bits per heavy atom. The molecule has 0 fully saturated rings. The first-order chi connectivity index (χ1) is 22.4. The number of methoxy groups -OCH3 is 3. The fraction of sp³-hybridized carbons (Fsp3) is 0.421. The molecule has 0 heterocycles. The molecule has 0 aliphatic rings. The van der Waals surface area contributed by atoms with Gasteiger partial charge in [-0.15, -0.1) is 0 Å². The van der Waals surface area contributed by atoms with Gasteiger partial charge in [0.2, 0.25) is 0 Å². The molecule has 258 valence electrons. The summed E-state index contributed by atoms with van der Waals surface area (Å²) >= 11 is 0. The maximum atomic E-state index is 11.9. The molecule has 9 heteroatoms. The lowest BCUT2D eigenvalue weighted by Crippen LogP contribution is -2.08. The predicted octanol–water partition coefficient (Wildman–Crippen LogP) is 8.99. The van der Waals surface area contributed by atoms with Crippen molar-refractivity contribution in [2.75, 3.05) is 41.3 Å². The smallest absolute Gasteiger partial charge is 0.340 e. The van der Waals surface area contributed by atoms with Crippen LogP contribution in [0.5, 0.6) is 23.0 Å². The molecule has 2 aromatic rings. The number of hydrogen-bond acceptors (Lipinski definition) is 8. The molecule has 0 aromatic heterocycles. The molecule has 0 atom stereocenters. The molecule has 2 aromatic carbocycles. The number of aromatic carboxylic acids is 1. The number of benzene rings is 2. The lowest BCUT2D eigenvalue weighted by Gasteiger charge is -2.11. The lowest BCUT2D eigenvalue weighted by atomic mass is 10.1. The minimum Gasteiger partial charge on any atom is -0.493 e. The van der Waals surface area contributed by atoms with Crippen LogP contribution in [0.2, 0.25) is 0 Å². The van der Waals surface area contributed by atoms with Crippen molar-refractivity contribution in [3.63, 3.8) is 0 Å². The van der Waals surface area contributed by atoms with Crippen LogP contribution in [-0.2, 0) is 9.47 Å². The predicted molar refractivity (Wildman–Crippen MR) is 186 cm³/mol. The Morgan fingerprint density at radius 3 is 1.49 bits per heavy atom. The minimum atomic E-state index is -0.985. The van der Waals surface area contributed by atoms with Crippen molar-refractivity contribution in [3.05, 3.63) is 94.1 Å². The summed E-state index contributed by atoms with van der Waals surface area (Å²) in [5.41, 5.74) is 5.71. The zero-order chi connectivity index (χ0) is 35.2. The highest BCUT2D eigenvalue weighted by Gasteiger charge is 2.12. The number of esters is 1. The van der Waals surface area contributed by atoms with Crippen LogP contribution in [0.3, 0.4) is 0 Å². The summed E-state index contributed by atoms with van der Waals surface area (Å²) in [6, 6.07) is 9.50. The van der Waals surface area contributed by atoms with Crippen molar-refractivity contribution in [1.82, 2.24) is 0 Å². The van der Waals surface area contributed by atoms with Crippen molar-refractivity contribution in [1.29, 1.82) is 0 Å². The van der Waals surface area contributed by atoms with Crippen LogP contribution in [0.25, 0.3) is 0 Å². The Labute approximate surface area is 280 Å². The summed E-state index contributed by atoms with van der Waals surface area (Å²) in [5.74, 6) is 0.585. The number of carboxylic acids is 1. The van der Waals surface area contributed by atoms with Crippen LogP contribution in [-0.4, -0.2) is 58.4 Å². The first-order valence-corrected chi connectivity index (χ1v) is 15.5. The van der Waals surface area contributed by atoms with Crippen LogP contribution in [0.15, 0.2) is 83.0 Å². The van der Waals surface area contributed by atoms with E-state index < -0.39 is 11.9 Å². The van der Waals surface area contributed by atoms with Gasteiger partial charge in [0.05, 0.1) is 25.3 Å². The van der Waals surface area contributed by atoms with E-state index in [4.69, 9.17) is 33.5 Å². The highest BCUT2D eigenvalue weighted by Crippen LogP contribution is 2.29. The summed E-state index contributed by atoms with van der Waals surface area (Å²) in [6.07, 6.45) is 12.5. The van der Waals surface area contributed by atoms with Gasteiger partial charge in [-0.3, -0.25) is 0 Å². The van der Waals surface area contributed by atoms with Gasteiger partial charge in [-0.1, -0.05) is 34.4 Å². The summed E-state index contributed by atoms with van der Waals surface area (Å²) in [6.45, 7) is 13.2. The fourth-order valence-corrected chi connectivity index (χ4v) is 3.96. The van der Waals surface area contributed by atoms with E-state index >= 15 is 0 Å². The van der Waals surface area contributed by atoms with Gasteiger partial charge >= 0.3 is 11.9 Å². The Hall–Kier alpha value is -4.50. The number of carbonyl (C=O) groups is 2. The largest absolute Gasteiger partial charge is 0.493 e. The standard InChI is InChI=1S/C20H28O5.C18H24O4/c1-15(2)7-6-8-16(3)11-12-24-19-13-17(9-10-18(19)23-5)20(21)25-14-22-4;1-13(2)6-5-7-14(3)10-11-22-17-12-15(18(19)20)8-9-16(17)21-4/h7,9-11,13H,6,8,12,14H2,1-5H3;6,8-10,12H,5,7,11H2,1-4H3,(H,19,20)/b16-11+;14-10+. The summed E-state index contributed by atoms with van der Waals surface area (Å²) in [5, 5.41) is 9.01. The van der Waals surface area contributed by atoms with Gasteiger partial charge in [-0.05, 0) is 116 Å². The van der Waals surface area contributed by atoms with Crippen molar-refractivity contribution in [2.24, 2.45) is 0 Å². The maximum Gasteiger partial charge on any atom is 0.340 e. The number of allylic oxidation sites excluding steroid dienone is 6. The number of carboxylic acid groups (broad SMARTS) is 1. The van der Waals surface area contributed by atoms with Crippen molar-refractivity contribution in [2.45, 2.75) is 67.2 Å². The van der Waals surface area contributed by atoms with Crippen LogP contribution in [0.4, 0.5) is 0 Å². The molecule has 0 aliphatic heterocycles. The molecular weight excluding hydrogens is 600 g/mol. The van der Waals surface area contributed by atoms with Gasteiger partial charge in [-0.2, -0.15) is 0 Å². The molecule has 9 nitrogen and oxygen atoms in total. The highest BCUT2D eigenvalue weighted by molar-refractivity contribution is 5.90. The molecule has 0 spiro atoms. The normalized spacial score (nSPS) is 11.0. The van der Waals surface area contributed by atoms with E-state index in [1.54, 1.807) is 31.4 Å². The second-order valence-corrected chi connectivity index (χ2v) is 11.2. The SMILES string of the molecule is COCOC(=O)c1ccc(OC)c(OC/C=C(\C)CCC=C(C)C)c1.COc1ccc(C(=O)O)cc1OC/C=C(\C)CCC=C(C)C. The summed E-state index contributed by atoms with van der Waals surface area (Å²) < 4.78 is 31.5. The molecule has 0 saturated carbocycles. The molecule has 0 aliphatic carbocycles. The van der Waals surface area contributed by atoms with E-state index in [0.717, 1.165) is 25.7 Å². The van der Waals surface area contributed by atoms with Crippen LogP contribution in [0, 0.1) is 0 Å². The van der Waals surface area contributed by atoms with Gasteiger partial charge < -0.3 is 33.5 Å². The van der Waals surface area contributed by atoms with E-state index in [0.29, 0.717) is 41.8 Å². The number of ether oxygens (including phenoxy) is 6. The van der Waals surface area contributed by atoms with E-state index in [1.165, 1.54) is 48.6 Å².